The van der Waals surface area contributed by atoms with Gasteiger partial charge in [-0.05, 0) is 32.9 Å². The van der Waals surface area contributed by atoms with Crippen LogP contribution in [0.3, 0.4) is 0 Å². The van der Waals surface area contributed by atoms with Crippen LogP contribution in [0.1, 0.15) is 39.0 Å². The lowest BCUT2D eigenvalue weighted by Gasteiger charge is -2.42. The molecule has 0 aliphatic carbocycles. The lowest BCUT2D eigenvalue weighted by Crippen LogP contribution is -2.39. The minimum Gasteiger partial charge on any atom is -0.367 e. The van der Waals surface area contributed by atoms with Crippen molar-refractivity contribution in [2.45, 2.75) is 49.2 Å². The number of hydrogen-bond donors (Lipinski definition) is 8. The summed E-state index contributed by atoms with van der Waals surface area (Å²) in [5, 5.41) is 3.59. The van der Waals surface area contributed by atoms with Crippen LogP contribution in [0.15, 0.2) is 0 Å². The number of rotatable bonds is 16. The fourth-order valence-electron chi connectivity index (χ4n) is 2.63. The third kappa shape index (κ3) is 6.76. The number of aliphatic hydroxyl groups is 1. The number of unbranched alkanes of at least 4 members (excludes halogenated alkanes) is 2. The maximum absolute atomic E-state index is 13.6. The number of nitrogens with two attached hydrogens (primary N) is 2. The molecule has 0 bridgehead atoms. The Balaban J connectivity index is 6.89. The van der Waals surface area contributed by atoms with E-state index in [1.807, 2.05) is 0 Å². The van der Waals surface area contributed by atoms with Crippen LogP contribution in [0.2, 0.25) is 0 Å². The van der Waals surface area contributed by atoms with Crippen molar-refractivity contribution in [1.29, 1.82) is 0 Å². The van der Waals surface area contributed by atoms with Crippen molar-refractivity contribution >= 4 is 30.4 Å². The highest BCUT2D eigenvalue weighted by atomic mass is 31.3. The van der Waals surface area contributed by atoms with Gasteiger partial charge in [-0.3, -0.25) is 22.8 Å². The van der Waals surface area contributed by atoms with Crippen molar-refractivity contribution in [1.82, 2.24) is 0 Å². The fraction of sp³-hybridized carbons (Fsp3) is 1.00. The maximum atomic E-state index is 13.6. The van der Waals surface area contributed by atoms with Crippen LogP contribution in [0.25, 0.3) is 0 Å². The molecule has 19 heteroatoms. The molecule has 0 aromatic heterocycles. The van der Waals surface area contributed by atoms with E-state index in [4.69, 9.17) is 20.5 Å². The second kappa shape index (κ2) is 11.8. The first-order chi connectivity index (χ1) is 13.9. The largest absolute Gasteiger partial charge is 0.376 e. The molecule has 15 nitrogen and oxygen atoms in total. The zero-order chi connectivity index (χ0) is 24.8. The Morgan fingerprint density at radius 2 is 1.35 bits per heavy atom. The van der Waals surface area contributed by atoms with Crippen molar-refractivity contribution in [2.75, 3.05) is 26.8 Å². The molecule has 10 N–H and O–H groups in total. The molecule has 188 valence electrons. The Kier molecular flexibility index (Phi) is 11.9. The van der Waals surface area contributed by atoms with Gasteiger partial charge in [-0.15, -0.1) is 0 Å². The first kappa shape index (κ1) is 31.5. The van der Waals surface area contributed by atoms with Crippen LogP contribution in [0, 0.1) is 0 Å². The van der Waals surface area contributed by atoms with Gasteiger partial charge in [0.15, 0.2) is 0 Å². The van der Waals surface area contributed by atoms with E-state index >= 15 is 0 Å². The molecule has 0 spiro atoms. The minimum absolute atomic E-state index is 0.157. The predicted molar refractivity (Wildman–Crippen MR) is 110 cm³/mol. The maximum Gasteiger partial charge on any atom is 0.376 e. The van der Waals surface area contributed by atoms with Crippen LogP contribution < -0.4 is 11.5 Å². The topological polar surface area (TPSA) is 269 Å². The lowest BCUT2D eigenvalue weighted by atomic mass is 10.2. The summed E-state index contributed by atoms with van der Waals surface area (Å²) in [6.07, 6.45) is -1.81. The Labute approximate surface area is 179 Å². The normalized spacial score (nSPS) is 19.4. The molecule has 0 aromatic rings. The summed E-state index contributed by atoms with van der Waals surface area (Å²) in [7, 11) is -22.3. The van der Waals surface area contributed by atoms with Gasteiger partial charge in [0.05, 0.1) is 6.61 Å². The molecule has 0 heterocycles. The van der Waals surface area contributed by atoms with E-state index in [2.05, 4.69) is 4.52 Å². The Hall–Kier alpha value is 0.480. The quantitative estimate of drug-likeness (QED) is 0.0990. The van der Waals surface area contributed by atoms with E-state index in [9.17, 15) is 47.8 Å². The summed E-state index contributed by atoms with van der Waals surface area (Å²) in [6, 6.07) is 0. The van der Waals surface area contributed by atoms with Crippen LogP contribution in [0.5, 0.6) is 0 Å². The Bertz CT molecular complexity index is 746. The van der Waals surface area contributed by atoms with Gasteiger partial charge in [-0.1, -0.05) is 6.42 Å². The van der Waals surface area contributed by atoms with Crippen molar-refractivity contribution in [3.8, 4) is 0 Å². The molecule has 0 aromatic carbocycles. The standard InChI is InChI=1S/C12H32N2O13P4/c1-3-26-31(24,11(15,8-10-14)30(22,23)25-2)27-12(28(16,17)18,29(19,20)21)7-5-4-6-9-13/h15H,3-10,13-14H2,1-2H3,(H,22,23)(H2,16,17,18)(H2,19,20,21). The van der Waals surface area contributed by atoms with E-state index in [0.717, 1.165) is 0 Å². The molecule has 31 heavy (non-hydrogen) atoms. The Morgan fingerprint density at radius 3 is 1.71 bits per heavy atom. The van der Waals surface area contributed by atoms with Gasteiger partial charge in [-0.25, -0.2) is 0 Å². The van der Waals surface area contributed by atoms with E-state index < -0.39 is 66.5 Å². The number of hydrogen-bond acceptors (Lipinski definition) is 10. The first-order valence-electron chi connectivity index (χ1n) is 9.03. The van der Waals surface area contributed by atoms with Crippen molar-refractivity contribution in [2.24, 2.45) is 11.5 Å². The molecule has 3 unspecified atom stereocenters. The SMILES string of the molecule is CCOP(=O)(OC(CCCCCN)(P(=O)(O)O)P(=O)(O)O)C(O)(CCN)P(=O)(O)OC. The molecule has 0 amide bonds. The molecule has 0 aliphatic rings. The summed E-state index contributed by atoms with van der Waals surface area (Å²) in [5.74, 6) is 0. The third-order valence-electron chi connectivity index (χ3n) is 4.30. The molecule has 3 atom stereocenters. The minimum atomic E-state index is -5.97. The molecule has 0 rings (SSSR count). The molecule has 0 aliphatic heterocycles. The summed E-state index contributed by atoms with van der Waals surface area (Å²) >= 11 is 0. The van der Waals surface area contributed by atoms with Gasteiger partial charge in [0.1, 0.15) is 0 Å². The van der Waals surface area contributed by atoms with Gasteiger partial charge < -0.3 is 50.1 Å². The summed E-state index contributed by atoms with van der Waals surface area (Å²) in [6.45, 7) is 0.139. The lowest BCUT2D eigenvalue weighted by molar-refractivity contribution is 0.0597. The van der Waals surface area contributed by atoms with Crippen molar-refractivity contribution in [3.05, 3.63) is 0 Å². The smallest absolute Gasteiger partial charge is 0.367 e. The fourth-order valence-corrected chi connectivity index (χ4v) is 10.5. The second-order valence-corrected chi connectivity index (χ2v) is 15.1. The molecule has 0 saturated heterocycles. The Morgan fingerprint density at radius 1 is 0.839 bits per heavy atom. The van der Waals surface area contributed by atoms with Crippen molar-refractivity contribution in [3.63, 3.8) is 0 Å². The zero-order valence-corrected chi connectivity index (χ0v) is 20.7. The molecular weight excluding hydrogens is 504 g/mol. The highest BCUT2D eigenvalue weighted by Crippen LogP contribution is 2.82. The highest BCUT2D eigenvalue weighted by molar-refractivity contribution is 7.76. The van der Waals surface area contributed by atoms with Crippen molar-refractivity contribution < 1.29 is 61.4 Å². The average Bonchev–Trinajstić information content (AvgIpc) is 2.62. The average molecular weight is 536 g/mol. The van der Waals surface area contributed by atoms with Gasteiger partial charge in [0.25, 0.3) is 10.2 Å². The molecule has 0 radical (unpaired) electrons. The summed E-state index contributed by atoms with van der Waals surface area (Å²) in [5.41, 5.74) is 10.6. The molecular formula is C12H32N2O13P4. The van der Waals surface area contributed by atoms with Crippen LogP contribution in [-0.2, 0) is 31.8 Å². The first-order valence-corrected chi connectivity index (χ1v) is 15.4. The van der Waals surface area contributed by atoms with Crippen LogP contribution in [-0.4, -0.2) is 66.5 Å². The van der Waals surface area contributed by atoms with E-state index in [1.165, 1.54) is 6.92 Å². The summed E-state index contributed by atoms with van der Waals surface area (Å²) in [4.78, 5) is 49.4. The monoisotopic (exact) mass is 536 g/mol. The van der Waals surface area contributed by atoms with E-state index in [-0.39, 0.29) is 19.4 Å². The molecule has 0 fully saturated rings. The zero-order valence-electron chi connectivity index (χ0n) is 17.1. The van der Waals surface area contributed by atoms with Crippen LogP contribution in [0.4, 0.5) is 0 Å². The predicted octanol–water partition coefficient (Wildman–Crippen LogP) is 0.588. The highest BCUT2D eigenvalue weighted by Gasteiger charge is 2.71. The van der Waals surface area contributed by atoms with Crippen LogP contribution >= 0.6 is 30.4 Å². The van der Waals surface area contributed by atoms with Gasteiger partial charge in [0.2, 0.25) is 0 Å². The second-order valence-electron chi connectivity index (χ2n) is 6.45. The molecule has 0 saturated carbocycles. The third-order valence-corrected chi connectivity index (χ3v) is 14.0. The van der Waals surface area contributed by atoms with E-state index in [1.54, 1.807) is 0 Å². The van der Waals surface area contributed by atoms with Gasteiger partial charge in [-0.2, -0.15) is 0 Å². The summed E-state index contributed by atoms with van der Waals surface area (Å²) < 4.78 is 64.5. The van der Waals surface area contributed by atoms with E-state index in [0.29, 0.717) is 13.5 Å². The van der Waals surface area contributed by atoms with Gasteiger partial charge >= 0.3 is 30.4 Å². The van der Waals surface area contributed by atoms with Gasteiger partial charge in [0, 0.05) is 20.0 Å².